The van der Waals surface area contributed by atoms with Gasteiger partial charge < -0.3 is 15.6 Å². The zero-order valence-corrected chi connectivity index (χ0v) is 15.7. The SMILES string of the molecule is COc1cc(C(N)=O)cc(-c2nc(C(C)(C)C)c(-n3cncn3)s2)c1O. The van der Waals surface area contributed by atoms with E-state index in [1.807, 2.05) is 20.8 Å². The lowest BCUT2D eigenvalue weighted by molar-refractivity contribution is 0.1000. The van der Waals surface area contributed by atoms with Gasteiger partial charge in [-0.05, 0) is 12.1 Å². The lowest BCUT2D eigenvalue weighted by Crippen LogP contribution is -2.15. The number of methoxy groups -OCH3 is 1. The van der Waals surface area contributed by atoms with Gasteiger partial charge in [-0.15, -0.1) is 0 Å². The second kappa shape index (κ2) is 6.41. The number of phenolic OH excluding ortho intramolecular Hbond substituents is 1. The highest BCUT2D eigenvalue weighted by Crippen LogP contribution is 2.43. The minimum atomic E-state index is -0.617. The van der Waals surface area contributed by atoms with Crippen molar-refractivity contribution >= 4 is 17.2 Å². The smallest absolute Gasteiger partial charge is 0.248 e. The van der Waals surface area contributed by atoms with Crippen LogP contribution in [0.25, 0.3) is 15.6 Å². The molecule has 0 spiro atoms. The monoisotopic (exact) mass is 373 g/mol. The molecule has 3 N–H and O–H groups in total. The van der Waals surface area contributed by atoms with Gasteiger partial charge in [-0.3, -0.25) is 4.79 Å². The van der Waals surface area contributed by atoms with Crippen molar-refractivity contribution in [2.45, 2.75) is 26.2 Å². The van der Waals surface area contributed by atoms with E-state index in [1.54, 1.807) is 11.0 Å². The molecule has 1 amide bonds. The maximum atomic E-state index is 11.6. The fraction of sp³-hybridized carbons (Fsp3) is 0.294. The molecule has 8 nitrogen and oxygen atoms in total. The second-order valence-corrected chi connectivity index (χ2v) is 7.68. The molecule has 0 aliphatic heterocycles. The fourth-order valence-electron chi connectivity index (χ4n) is 2.45. The van der Waals surface area contributed by atoms with Crippen molar-refractivity contribution in [1.82, 2.24) is 19.7 Å². The Morgan fingerprint density at radius 3 is 2.62 bits per heavy atom. The molecule has 9 heteroatoms. The van der Waals surface area contributed by atoms with E-state index in [1.165, 1.54) is 36.9 Å². The average Bonchev–Trinajstić information content (AvgIpc) is 3.23. The summed E-state index contributed by atoms with van der Waals surface area (Å²) < 4.78 is 6.80. The number of phenols is 1. The number of amides is 1. The number of carbonyl (C=O) groups is 1. The number of carbonyl (C=O) groups excluding carboxylic acids is 1. The first-order chi connectivity index (χ1) is 12.2. The van der Waals surface area contributed by atoms with E-state index in [-0.39, 0.29) is 22.5 Å². The molecule has 0 saturated carbocycles. The maximum Gasteiger partial charge on any atom is 0.248 e. The summed E-state index contributed by atoms with van der Waals surface area (Å²) in [5.41, 5.74) is 6.53. The minimum absolute atomic E-state index is 0.100. The largest absolute Gasteiger partial charge is 0.504 e. The average molecular weight is 373 g/mol. The quantitative estimate of drug-likeness (QED) is 0.726. The van der Waals surface area contributed by atoms with Crippen LogP contribution in [0.15, 0.2) is 24.8 Å². The summed E-state index contributed by atoms with van der Waals surface area (Å²) in [5.74, 6) is -0.559. The zero-order chi connectivity index (χ0) is 19.1. The van der Waals surface area contributed by atoms with Gasteiger partial charge in [0.05, 0.1) is 18.4 Å². The van der Waals surface area contributed by atoms with E-state index in [2.05, 4.69) is 10.1 Å². The number of rotatable bonds is 4. The standard InChI is InChI=1S/C17H19N5O3S/c1-17(2,3)13-16(22-8-19-7-20-22)26-15(21-13)10-5-9(14(18)24)6-11(25-4)12(10)23/h5-8,23H,1-4H3,(H2,18,24). The summed E-state index contributed by atoms with van der Waals surface area (Å²) in [6.07, 6.45) is 3.03. The van der Waals surface area contributed by atoms with Crippen molar-refractivity contribution in [3.63, 3.8) is 0 Å². The normalized spacial score (nSPS) is 11.5. The number of hydrogen-bond acceptors (Lipinski definition) is 7. The molecule has 136 valence electrons. The molecule has 26 heavy (non-hydrogen) atoms. The Morgan fingerprint density at radius 1 is 1.35 bits per heavy atom. The maximum absolute atomic E-state index is 11.6. The molecule has 0 saturated heterocycles. The Morgan fingerprint density at radius 2 is 2.08 bits per heavy atom. The number of thiazole rings is 1. The second-order valence-electron chi connectivity index (χ2n) is 6.70. The molecular weight excluding hydrogens is 354 g/mol. The highest BCUT2D eigenvalue weighted by molar-refractivity contribution is 7.17. The number of hydrogen-bond donors (Lipinski definition) is 2. The topological polar surface area (TPSA) is 116 Å². The van der Waals surface area contributed by atoms with Gasteiger partial charge in [0.1, 0.15) is 22.7 Å². The molecule has 0 aliphatic carbocycles. The van der Waals surface area contributed by atoms with Gasteiger partial charge in [0.25, 0.3) is 0 Å². The third-order valence-corrected chi connectivity index (χ3v) is 4.83. The first-order valence-corrected chi connectivity index (χ1v) is 8.61. The highest BCUT2D eigenvalue weighted by atomic mass is 32.1. The Labute approximate surface area is 154 Å². The molecule has 0 fully saturated rings. The van der Waals surface area contributed by atoms with Crippen molar-refractivity contribution in [2.75, 3.05) is 7.11 Å². The van der Waals surface area contributed by atoms with Gasteiger partial charge in [-0.25, -0.2) is 14.6 Å². The van der Waals surface area contributed by atoms with E-state index < -0.39 is 5.91 Å². The lowest BCUT2D eigenvalue weighted by atomic mass is 9.92. The van der Waals surface area contributed by atoms with Crippen LogP contribution in [0.1, 0.15) is 36.8 Å². The molecule has 0 bridgehead atoms. The molecule has 1 aromatic carbocycles. The van der Waals surface area contributed by atoms with E-state index in [9.17, 15) is 9.90 Å². The Balaban J connectivity index is 2.25. The number of aromatic hydroxyl groups is 1. The minimum Gasteiger partial charge on any atom is -0.504 e. The van der Waals surface area contributed by atoms with Crippen LogP contribution in [0, 0.1) is 0 Å². The number of aromatic nitrogens is 4. The molecule has 3 rings (SSSR count). The summed E-state index contributed by atoms with van der Waals surface area (Å²) in [6, 6.07) is 2.91. The molecule has 3 aromatic rings. The molecule has 0 radical (unpaired) electrons. The van der Waals surface area contributed by atoms with Gasteiger partial charge in [0.15, 0.2) is 11.5 Å². The summed E-state index contributed by atoms with van der Waals surface area (Å²) >= 11 is 1.33. The number of benzene rings is 1. The van der Waals surface area contributed by atoms with Crippen LogP contribution >= 0.6 is 11.3 Å². The Bertz CT molecular complexity index is 958. The molecule has 0 unspecified atom stereocenters. The molecule has 2 heterocycles. The predicted octanol–water partition coefficient (Wildman–Crippen LogP) is 2.50. The van der Waals surface area contributed by atoms with Crippen molar-refractivity contribution in [2.24, 2.45) is 5.73 Å². The van der Waals surface area contributed by atoms with Gasteiger partial charge in [0.2, 0.25) is 5.91 Å². The highest BCUT2D eigenvalue weighted by Gasteiger charge is 2.27. The van der Waals surface area contributed by atoms with Crippen LogP contribution in [0.2, 0.25) is 0 Å². The fourth-order valence-corrected chi connectivity index (χ4v) is 3.67. The number of nitrogens with zero attached hydrogens (tertiary/aromatic N) is 4. The van der Waals surface area contributed by atoms with Crippen LogP contribution in [0.3, 0.4) is 0 Å². The van der Waals surface area contributed by atoms with Crippen LogP contribution < -0.4 is 10.5 Å². The van der Waals surface area contributed by atoms with E-state index >= 15 is 0 Å². The lowest BCUT2D eigenvalue weighted by Gasteiger charge is -2.17. The van der Waals surface area contributed by atoms with Crippen molar-refractivity contribution in [3.8, 4) is 27.1 Å². The summed E-state index contributed by atoms with van der Waals surface area (Å²) in [6.45, 7) is 6.10. The van der Waals surface area contributed by atoms with Crippen LogP contribution in [0.5, 0.6) is 11.5 Å². The van der Waals surface area contributed by atoms with E-state index in [0.29, 0.717) is 10.6 Å². The Hall–Kier alpha value is -2.94. The van der Waals surface area contributed by atoms with E-state index in [4.69, 9.17) is 15.5 Å². The molecule has 2 aromatic heterocycles. The zero-order valence-electron chi connectivity index (χ0n) is 14.8. The summed E-state index contributed by atoms with van der Waals surface area (Å²) in [5, 5.41) is 16.0. The van der Waals surface area contributed by atoms with Crippen molar-refractivity contribution in [1.29, 1.82) is 0 Å². The first-order valence-electron chi connectivity index (χ1n) is 7.80. The number of ether oxygens (including phenoxy) is 1. The molecular formula is C17H19N5O3S. The third kappa shape index (κ3) is 3.13. The predicted molar refractivity (Wildman–Crippen MR) is 97.9 cm³/mol. The van der Waals surface area contributed by atoms with Gasteiger partial charge in [-0.2, -0.15) is 5.10 Å². The van der Waals surface area contributed by atoms with Crippen molar-refractivity contribution in [3.05, 3.63) is 36.0 Å². The van der Waals surface area contributed by atoms with Crippen LogP contribution in [0.4, 0.5) is 0 Å². The number of nitrogens with two attached hydrogens (primary N) is 1. The molecule has 0 aliphatic rings. The Kier molecular flexibility index (Phi) is 4.41. The van der Waals surface area contributed by atoms with Crippen LogP contribution in [-0.2, 0) is 5.41 Å². The van der Waals surface area contributed by atoms with Crippen molar-refractivity contribution < 1.29 is 14.6 Å². The van der Waals surface area contributed by atoms with E-state index in [0.717, 1.165) is 10.7 Å². The number of primary amides is 1. The summed E-state index contributed by atoms with van der Waals surface area (Å²) in [7, 11) is 1.41. The van der Waals surface area contributed by atoms with Crippen LogP contribution in [-0.4, -0.2) is 37.9 Å². The third-order valence-electron chi connectivity index (χ3n) is 3.76. The molecule has 0 atom stereocenters. The van der Waals surface area contributed by atoms with Gasteiger partial charge in [0, 0.05) is 11.0 Å². The first kappa shape index (κ1) is 17.9. The summed E-state index contributed by atoms with van der Waals surface area (Å²) in [4.78, 5) is 20.3. The van der Waals surface area contributed by atoms with Gasteiger partial charge >= 0.3 is 0 Å². The van der Waals surface area contributed by atoms with Gasteiger partial charge in [-0.1, -0.05) is 32.1 Å².